The highest BCUT2D eigenvalue weighted by molar-refractivity contribution is 5.83. The lowest BCUT2D eigenvalue weighted by atomic mass is 10.1. The summed E-state index contributed by atoms with van der Waals surface area (Å²) in [4.78, 5) is 0. The van der Waals surface area contributed by atoms with Crippen molar-refractivity contribution in [1.29, 1.82) is 5.26 Å². The van der Waals surface area contributed by atoms with Crippen molar-refractivity contribution in [3.8, 4) is 11.8 Å². The van der Waals surface area contributed by atoms with E-state index in [1.54, 1.807) is 7.11 Å². The Morgan fingerprint density at radius 1 is 1.19 bits per heavy atom. The van der Waals surface area contributed by atoms with Crippen molar-refractivity contribution < 1.29 is 4.74 Å². The molecule has 3 nitrogen and oxygen atoms in total. The average molecular weight is 276 g/mol. The van der Waals surface area contributed by atoms with Gasteiger partial charge in [-0.25, -0.2) is 0 Å². The molecule has 0 radical (unpaired) electrons. The van der Waals surface area contributed by atoms with E-state index >= 15 is 0 Å². The predicted octanol–water partition coefficient (Wildman–Crippen LogP) is 3.88. The lowest BCUT2D eigenvalue weighted by Gasteiger charge is -2.09. The molecule has 0 bridgehead atoms. The Balaban J connectivity index is 1.99. The molecule has 0 aliphatic rings. The molecule has 0 atom stereocenters. The molecule has 3 heteroatoms. The Morgan fingerprint density at radius 3 is 2.81 bits per heavy atom. The molecule has 0 saturated carbocycles. The van der Waals surface area contributed by atoms with E-state index in [9.17, 15) is 0 Å². The van der Waals surface area contributed by atoms with Gasteiger partial charge in [0, 0.05) is 23.6 Å². The molecule has 0 aliphatic heterocycles. The second kappa shape index (κ2) is 5.34. The van der Waals surface area contributed by atoms with Gasteiger partial charge in [-0.15, -0.1) is 0 Å². The van der Waals surface area contributed by atoms with Gasteiger partial charge in [0.15, 0.2) is 0 Å². The van der Waals surface area contributed by atoms with Gasteiger partial charge in [0.1, 0.15) is 11.8 Å². The van der Waals surface area contributed by atoms with Gasteiger partial charge in [-0.1, -0.05) is 18.2 Å². The lowest BCUT2D eigenvalue weighted by Crippen LogP contribution is -1.99. The summed E-state index contributed by atoms with van der Waals surface area (Å²) in [6.07, 6.45) is 2.10. The van der Waals surface area contributed by atoms with E-state index in [0.29, 0.717) is 11.3 Å². The summed E-state index contributed by atoms with van der Waals surface area (Å²) in [6.45, 7) is 2.88. The number of hydrogen-bond donors (Lipinski definition) is 0. The normalized spacial score (nSPS) is 10.5. The first-order valence-corrected chi connectivity index (χ1v) is 6.84. The van der Waals surface area contributed by atoms with Crippen molar-refractivity contribution >= 4 is 10.9 Å². The first kappa shape index (κ1) is 13.3. The van der Waals surface area contributed by atoms with E-state index in [1.165, 1.54) is 16.5 Å². The fourth-order valence-electron chi connectivity index (χ4n) is 2.64. The van der Waals surface area contributed by atoms with E-state index in [0.717, 1.165) is 12.1 Å². The molecule has 0 N–H and O–H groups in total. The van der Waals surface area contributed by atoms with Crippen LogP contribution in [0, 0.1) is 18.3 Å². The predicted molar refractivity (Wildman–Crippen MR) is 83.5 cm³/mol. The van der Waals surface area contributed by atoms with Crippen molar-refractivity contribution in [2.24, 2.45) is 0 Å². The van der Waals surface area contributed by atoms with Gasteiger partial charge in [0.25, 0.3) is 0 Å². The van der Waals surface area contributed by atoms with E-state index in [4.69, 9.17) is 10.00 Å². The molecular formula is C18H16N2O. The molecule has 2 aromatic carbocycles. The third-order valence-electron chi connectivity index (χ3n) is 3.77. The van der Waals surface area contributed by atoms with Crippen LogP contribution in [0.25, 0.3) is 10.9 Å². The minimum atomic E-state index is 0.564. The van der Waals surface area contributed by atoms with Crippen LogP contribution in [0.2, 0.25) is 0 Å². The standard InChI is InChI=1S/C18H16N2O/c1-13-4-3-5-17-16(13)8-9-20(17)12-14-6-7-15(11-19)18(10-14)21-2/h3-10H,12H2,1-2H3. The summed E-state index contributed by atoms with van der Waals surface area (Å²) in [7, 11) is 1.59. The molecule has 104 valence electrons. The van der Waals surface area contributed by atoms with Crippen molar-refractivity contribution in [3.63, 3.8) is 0 Å². The van der Waals surface area contributed by atoms with Gasteiger partial charge in [-0.2, -0.15) is 5.26 Å². The highest BCUT2D eigenvalue weighted by atomic mass is 16.5. The highest BCUT2D eigenvalue weighted by Crippen LogP contribution is 2.23. The van der Waals surface area contributed by atoms with Crippen LogP contribution in [0.5, 0.6) is 5.75 Å². The van der Waals surface area contributed by atoms with Crippen LogP contribution in [0.4, 0.5) is 0 Å². The van der Waals surface area contributed by atoms with Crippen LogP contribution in [0.3, 0.4) is 0 Å². The zero-order valence-electron chi connectivity index (χ0n) is 12.1. The SMILES string of the molecule is COc1cc(Cn2ccc3c(C)cccc32)ccc1C#N. The molecule has 0 saturated heterocycles. The third kappa shape index (κ3) is 2.36. The fourth-order valence-corrected chi connectivity index (χ4v) is 2.64. The topological polar surface area (TPSA) is 38.0 Å². The Morgan fingerprint density at radius 2 is 2.05 bits per heavy atom. The molecule has 0 unspecified atom stereocenters. The van der Waals surface area contributed by atoms with Crippen LogP contribution in [-0.2, 0) is 6.54 Å². The number of methoxy groups -OCH3 is 1. The Hall–Kier alpha value is -2.73. The van der Waals surface area contributed by atoms with Gasteiger partial charge in [0.2, 0.25) is 0 Å². The Labute approximate surface area is 124 Å². The number of fused-ring (bicyclic) bond motifs is 1. The first-order valence-electron chi connectivity index (χ1n) is 6.84. The van der Waals surface area contributed by atoms with E-state index in [1.807, 2.05) is 18.2 Å². The molecule has 21 heavy (non-hydrogen) atoms. The number of nitrogens with zero attached hydrogens (tertiary/aromatic N) is 2. The minimum Gasteiger partial charge on any atom is -0.495 e. The number of rotatable bonds is 3. The molecule has 3 rings (SSSR count). The molecule has 0 amide bonds. The number of hydrogen-bond acceptors (Lipinski definition) is 2. The molecular weight excluding hydrogens is 260 g/mol. The smallest absolute Gasteiger partial charge is 0.136 e. The summed E-state index contributed by atoms with van der Waals surface area (Å²) < 4.78 is 7.48. The van der Waals surface area contributed by atoms with E-state index in [2.05, 4.69) is 48.0 Å². The third-order valence-corrected chi connectivity index (χ3v) is 3.77. The minimum absolute atomic E-state index is 0.564. The second-order valence-corrected chi connectivity index (χ2v) is 5.10. The summed E-state index contributed by atoms with van der Waals surface area (Å²) in [6, 6.07) is 16.3. The monoisotopic (exact) mass is 276 g/mol. The summed E-state index contributed by atoms with van der Waals surface area (Å²) in [5, 5.41) is 10.3. The zero-order chi connectivity index (χ0) is 14.8. The number of aryl methyl sites for hydroxylation is 1. The van der Waals surface area contributed by atoms with Gasteiger partial charge in [-0.05, 0) is 42.3 Å². The van der Waals surface area contributed by atoms with Crippen LogP contribution < -0.4 is 4.74 Å². The van der Waals surface area contributed by atoms with Crippen molar-refractivity contribution in [3.05, 3.63) is 65.4 Å². The molecule has 1 heterocycles. The molecule has 1 aromatic heterocycles. The Kier molecular flexibility index (Phi) is 3.37. The maximum atomic E-state index is 9.03. The summed E-state index contributed by atoms with van der Waals surface area (Å²) in [5.41, 5.74) is 4.18. The lowest BCUT2D eigenvalue weighted by molar-refractivity contribution is 0.413. The number of nitriles is 1. The zero-order valence-corrected chi connectivity index (χ0v) is 12.1. The summed E-state index contributed by atoms with van der Waals surface area (Å²) in [5.74, 6) is 0.627. The summed E-state index contributed by atoms with van der Waals surface area (Å²) >= 11 is 0. The van der Waals surface area contributed by atoms with Crippen molar-refractivity contribution in [2.45, 2.75) is 13.5 Å². The fraction of sp³-hybridized carbons (Fsp3) is 0.167. The van der Waals surface area contributed by atoms with Gasteiger partial charge >= 0.3 is 0 Å². The first-order chi connectivity index (χ1) is 10.2. The quantitative estimate of drug-likeness (QED) is 0.728. The maximum absolute atomic E-state index is 9.03. The molecule has 0 aliphatic carbocycles. The van der Waals surface area contributed by atoms with Crippen LogP contribution in [0.15, 0.2) is 48.7 Å². The van der Waals surface area contributed by atoms with E-state index < -0.39 is 0 Å². The van der Waals surface area contributed by atoms with Crippen molar-refractivity contribution in [1.82, 2.24) is 4.57 Å². The van der Waals surface area contributed by atoms with Gasteiger partial charge in [0.05, 0.1) is 12.7 Å². The number of ether oxygens (including phenoxy) is 1. The van der Waals surface area contributed by atoms with Gasteiger partial charge < -0.3 is 9.30 Å². The largest absolute Gasteiger partial charge is 0.495 e. The molecule has 0 spiro atoms. The molecule has 3 aromatic rings. The maximum Gasteiger partial charge on any atom is 0.136 e. The average Bonchev–Trinajstić information content (AvgIpc) is 2.92. The van der Waals surface area contributed by atoms with Gasteiger partial charge in [-0.3, -0.25) is 0 Å². The van der Waals surface area contributed by atoms with Crippen molar-refractivity contribution in [2.75, 3.05) is 7.11 Å². The van der Waals surface area contributed by atoms with E-state index in [-0.39, 0.29) is 0 Å². The molecule has 0 fully saturated rings. The second-order valence-electron chi connectivity index (χ2n) is 5.10. The number of benzene rings is 2. The number of aromatic nitrogens is 1. The Bertz CT molecular complexity index is 840. The highest BCUT2D eigenvalue weighted by Gasteiger charge is 2.07. The van der Waals surface area contributed by atoms with Crippen LogP contribution in [-0.4, -0.2) is 11.7 Å². The van der Waals surface area contributed by atoms with Crippen LogP contribution >= 0.6 is 0 Å². The van der Waals surface area contributed by atoms with Crippen LogP contribution in [0.1, 0.15) is 16.7 Å².